The molecule has 0 atom stereocenters. The molecule has 0 bridgehead atoms. The number of hydrogen-bond acceptors (Lipinski definition) is 4. The largest absolute Gasteiger partial charge is 0.368 e. The van der Waals surface area contributed by atoms with Crippen LogP contribution in [0.5, 0.6) is 0 Å². The molecule has 174 valence electrons. The van der Waals surface area contributed by atoms with E-state index in [2.05, 4.69) is 38.8 Å². The van der Waals surface area contributed by atoms with Crippen LogP contribution in [-0.2, 0) is 17.9 Å². The lowest BCUT2D eigenvalue weighted by Crippen LogP contribution is -2.50. The van der Waals surface area contributed by atoms with Crippen LogP contribution in [0, 0.1) is 13.8 Å². The lowest BCUT2D eigenvalue weighted by molar-refractivity contribution is -0.132. The van der Waals surface area contributed by atoms with Crippen molar-refractivity contribution >= 4 is 22.4 Å². The Morgan fingerprint density at radius 1 is 0.882 bits per heavy atom. The first-order valence-corrected chi connectivity index (χ1v) is 11.7. The average molecular weight is 456 g/mol. The van der Waals surface area contributed by atoms with Gasteiger partial charge in [-0.2, -0.15) is 5.10 Å². The van der Waals surface area contributed by atoms with E-state index in [-0.39, 0.29) is 18.0 Å². The molecule has 1 amide bonds. The van der Waals surface area contributed by atoms with Gasteiger partial charge in [0.25, 0.3) is 5.56 Å². The summed E-state index contributed by atoms with van der Waals surface area (Å²) >= 11 is 0. The highest BCUT2D eigenvalue weighted by Crippen LogP contribution is 2.23. The highest BCUT2D eigenvalue weighted by atomic mass is 16.2. The molecule has 2 aromatic carbocycles. The Morgan fingerprint density at radius 2 is 1.53 bits per heavy atom. The van der Waals surface area contributed by atoms with E-state index < -0.39 is 0 Å². The molecule has 0 spiro atoms. The molecule has 4 aromatic rings. The summed E-state index contributed by atoms with van der Waals surface area (Å²) in [6.45, 7) is 7.46. The molecule has 1 aliphatic rings. The first-order valence-electron chi connectivity index (χ1n) is 11.7. The normalized spacial score (nSPS) is 14.1. The van der Waals surface area contributed by atoms with Gasteiger partial charge in [-0.05, 0) is 31.5 Å². The van der Waals surface area contributed by atoms with Crippen molar-refractivity contribution in [3.05, 3.63) is 94.2 Å². The minimum Gasteiger partial charge on any atom is -0.368 e. The molecule has 5 rings (SSSR count). The van der Waals surface area contributed by atoms with E-state index in [0.29, 0.717) is 25.0 Å². The molecule has 0 radical (unpaired) electrons. The van der Waals surface area contributed by atoms with E-state index in [0.717, 1.165) is 29.9 Å². The number of amides is 1. The molecule has 1 aliphatic heterocycles. The maximum Gasteiger partial charge on any atom is 0.276 e. The summed E-state index contributed by atoms with van der Waals surface area (Å²) in [4.78, 5) is 30.4. The number of anilines is 1. The summed E-state index contributed by atoms with van der Waals surface area (Å²) in [5.74, 6) is -0.0697. The predicted molar refractivity (Wildman–Crippen MR) is 134 cm³/mol. The first-order chi connectivity index (χ1) is 16.5. The Hall–Kier alpha value is -3.87. The lowest BCUT2D eigenvalue weighted by atomic mass is 10.2. The highest BCUT2D eigenvalue weighted by molar-refractivity contribution is 5.87. The molecule has 0 saturated carbocycles. The third-order valence-electron chi connectivity index (χ3n) is 6.83. The fourth-order valence-corrected chi connectivity index (χ4v) is 4.84. The van der Waals surface area contributed by atoms with Gasteiger partial charge in [0, 0.05) is 55.2 Å². The summed E-state index contributed by atoms with van der Waals surface area (Å²) in [5, 5.41) is 5.85. The number of carbonyl (C=O) groups is 1. The van der Waals surface area contributed by atoms with Crippen LogP contribution >= 0.6 is 0 Å². The topological polar surface area (TPSA) is 63.4 Å². The van der Waals surface area contributed by atoms with Gasteiger partial charge in [-0.15, -0.1) is 0 Å². The van der Waals surface area contributed by atoms with Gasteiger partial charge in [0.15, 0.2) is 0 Å². The third kappa shape index (κ3) is 4.09. The molecule has 2 aromatic heterocycles. The summed E-state index contributed by atoms with van der Waals surface area (Å²) in [6, 6.07) is 20.4. The zero-order valence-corrected chi connectivity index (χ0v) is 19.6. The summed E-state index contributed by atoms with van der Waals surface area (Å²) in [7, 11) is 0. The number of carbonyl (C=O) groups excluding carboxylic acids is 1. The van der Waals surface area contributed by atoms with E-state index in [9.17, 15) is 9.59 Å². The molecule has 0 aliphatic carbocycles. The molecule has 7 nitrogen and oxygen atoms in total. The smallest absolute Gasteiger partial charge is 0.276 e. The molecule has 1 saturated heterocycles. The number of hydrogen-bond donors (Lipinski definition) is 0. The monoisotopic (exact) mass is 455 g/mol. The van der Waals surface area contributed by atoms with Crippen LogP contribution in [0.1, 0.15) is 17.0 Å². The zero-order chi connectivity index (χ0) is 23.7. The number of nitrogens with zero attached hydrogens (tertiary/aromatic N) is 5. The second-order valence-electron chi connectivity index (χ2n) is 8.84. The average Bonchev–Trinajstić information content (AvgIpc) is 3.12. The van der Waals surface area contributed by atoms with Crippen LogP contribution in [0.25, 0.3) is 10.8 Å². The fraction of sp³-hybridized carbons (Fsp3) is 0.296. The number of piperazine rings is 1. The van der Waals surface area contributed by atoms with Crippen LogP contribution in [0.3, 0.4) is 0 Å². The van der Waals surface area contributed by atoms with E-state index in [1.807, 2.05) is 55.1 Å². The number of benzene rings is 2. The van der Waals surface area contributed by atoms with Crippen molar-refractivity contribution in [2.45, 2.75) is 26.9 Å². The van der Waals surface area contributed by atoms with Crippen molar-refractivity contribution in [1.29, 1.82) is 0 Å². The van der Waals surface area contributed by atoms with Gasteiger partial charge >= 0.3 is 0 Å². The third-order valence-corrected chi connectivity index (χ3v) is 6.83. The Bertz CT molecular complexity index is 1370. The summed E-state index contributed by atoms with van der Waals surface area (Å²) in [5.41, 5.74) is 4.05. The molecule has 3 heterocycles. The van der Waals surface area contributed by atoms with Crippen molar-refractivity contribution < 1.29 is 4.79 Å². The Morgan fingerprint density at radius 3 is 2.21 bits per heavy atom. The maximum absolute atomic E-state index is 13.3. The van der Waals surface area contributed by atoms with E-state index in [4.69, 9.17) is 0 Å². The van der Waals surface area contributed by atoms with Gasteiger partial charge in [-0.25, -0.2) is 4.68 Å². The van der Waals surface area contributed by atoms with Crippen LogP contribution < -0.4 is 10.5 Å². The molecule has 7 heteroatoms. The summed E-state index contributed by atoms with van der Waals surface area (Å²) < 4.78 is 3.46. The van der Waals surface area contributed by atoms with Gasteiger partial charge < -0.3 is 14.4 Å². The number of fused-ring (bicyclic) bond motifs is 1. The molecule has 1 fully saturated rings. The van der Waals surface area contributed by atoms with Gasteiger partial charge in [0.2, 0.25) is 5.91 Å². The number of para-hydroxylation sites is 1. The molecule has 0 N–H and O–H groups in total. The van der Waals surface area contributed by atoms with Crippen LogP contribution in [-0.4, -0.2) is 51.3 Å². The fourth-order valence-electron chi connectivity index (χ4n) is 4.84. The van der Waals surface area contributed by atoms with Gasteiger partial charge in [-0.3, -0.25) is 9.59 Å². The predicted octanol–water partition coefficient (Wildman–Crippen LogP) is 3.21. The van der Waals surface area contributed by atoms with E-state index in [1.165, 1.54) is 15.9 Å². The zero-order valence-electron chi connectivity index (χ0n) is 19.6. The van der Waals surface area contributed by atoms with Crippen LogP contribution in [0.15, 0.2) is 71.7 Å². The lowest BCUT2D eigenvalue weighted by Gasteiger charge is -2.36. The van der Waals surface area contributed by atoms with E-state index in [1.54, 1.807) is 6.20 Å². The second kappa shape index (κ2) is 9.17. The number of rotatable bonds is 5. The Kier molecular flexibility index (Phi) is 5.92. The second-order valence-corrected chi connectivity index (χ2v) is 8.84. The van der Waals surface area contributed by atoms with Crippen molar-refractivity contribution in [1.82, 2.24) is 19.2 Å². The summed E-state index contributed by atoms with van der Waals surface area (Å²) in [6.07, 6.45) is 1.72. The van der Waals surface area contributed by atoms with Crippen molar-refractivity contribution in [3.63, 3.8) is 0 Å². The molecular weight excluding hydrogens is 426 g/mol. The number of aromatic nitrogens is 3. The molecule has 34 heavy (non-hydrogen) atoms. The van der Waals surface area contributed by atoms with Crippen molar-refractivity contribution in [2.24, 2.45) is 0 Å². The number of aryl methyl sites for hydroxylation is 2. The van der Waals surface area contributed by atoms with Crippen LogP contribution in [0.4, 0.5) is 5.69 Å². The van der Waals surface area contributed by atoms with Crippen molar-refractivity contribution in [2.75, 3.05) is 31.1 Å². The van der Waals surface area contributed by atoms with Crippen molar-refractivity contribution in [3.8, 4) is 0 Å². The van der Waals surface area contributed by atoms with E-state index >= 15 is 0 Å². The Labute approximate surface area is 198 Å². The molecule has 0 unspecified atom stereocenters. The minimum absolute atomic E-state index is 0.0392. The van der Waals surface area contributed by atoms with Crippen LogP contribution in [0.2, 0.25) is 0 Å². The minimum atomic E-state index is -0.207. The van der Waals surface area contributed by atoms with Gasteiger partial charge in [0.1, 0.15) is 6.54 Å². The molecular formula is C27H29N5O2. The quantitative estimate of drug-likeness (QED) is 0.464. The highest BCUT2D eigenvalue weighted by Gasteiger charge is 2.23. The SMILES string of the molecule is Cc1c2cnn(CC(=O)N3CCN(c4ccccc4)CC3)c(=O)c2c(C)n1Cc1ccccc1. The first kappa shape index (κ1) is 21.9. The Balaban J connectivity index is 1.33. The van der Waals surface area contributed by atoms with Gasteiger partial charge in [-0.1, -0.05) is 48.5 Å². The maximum atomic E-state index is 13.3. The standard InChI is InChI=1S/C27H29N5O2/c1-20-24-17-28-32(27(34)26(24)21(2)31(20)18-22-9-5-3-6-10-22)19-25(33)30-15-13-29(14-16-30)23-11-7-4-8-12-23/h3-12,17H,13-16,18-19H2,1-2H3. The van der Waals surface area contributed by atoms with Gasteiger partial charge in [0.05, 0.1) is 11.6 Å².